The molecule has 2 heterocycles. The molecule has 1 nitrogen and oxygen atoms in total. The summed E-state index contributed by atoms with van der Waals surface area (Å²) in [6.45, 7) is 0. The van der Waals surface area contributed by atoms with Crippen LogP contribution in [-0.2, 0) is 5.41 Å². The van der Waals surface area contributed by atoms with Crippen LogP contribution in [0.3, 0.4) is 0 Å². The molecule has 0 fully saturated rings. The first-order valence-corrected chi connectivity index (χ1v) is 31.5. The minimum atomic E-state index is -2.91. The molecule has 2 aliphatic heterocycles. The van der Waals surface area contributed by atoms with Crippen LogP contribution in [0.1, 0.15) is 22.3 Å². The number of hydrogen-bond donors (Lipinski definition) is 0. The van der Waals surface area contributed by atoms with Crippen LogP contribution in [0, 0.1) is 0 Å². The van der Waals surface area contributed by atoms with Crippen LogP contribution in [0.2, 0.25) is 0 Å². The van der Waals surface area contributed by atoms with Crippen molar-refractivity contribution in [1.82, 2.24) is 0 Å². The Morgan fingerprint density at radius 1 is 0.286 bits per heavy atom. The number of rotatable bonds is 10. The molecular formula is C73H53NSSi2. The van der Waals surface area contributed by atoms with E-state index in [-0.39, 0.29) is 0 Å². The average molecular weight is 1030 g/mol. The van der Waals surface area contributed by atoms with E-state index in [2.05, 4.69) is 326 Å². The van der Waals surface area contributed by atoms with E-state index in [1.54, 1.807) is 0 Å². The Morgan fingerprint density at radius 2 is 0.649 bits per heavy atom. The minimum absolute atomic E-state index is 0.640. The van der Waals surface area contributed by atoms with Crippen molar-refractivity contribution >= 4 is 86.5 Å². The maximum Gasteiger partial charge on any atom is 0.180 e. The van der Waals surface area contributed by atoms with Gasteiger partial charge in [-0.1, -0.05) is 285 Å². The van der Waals surface area contributed by atoms with Crippen LogP contribution in [0.25, 0.3) is 11.1 Å². The molecule has 0 aromatic heterocycles. The monoisotopic (exact) mass is 1030 g/mol. The Balaban J connectivity index is 1.02. The van der Waals surface area contributed by atoms with E-state index in [0.29, 0.717) is 0 Å². The van der Waals surface area contributed by atoms with Gasteiger partial charge in [-0.2, -0.15) is 0 Å². The minimum Gasteiger partial charge on any atom is -0.310 e. The molecule has 12 aromatic rings. The molecule has 0 saturated heterocycles. The van der Waals surface area contributed by atoms with Gasteiger partial charge in [0.2, 0.25) is 0 Å². The van der Waals surface area contributed by atoms with Crippen molar-refractivity contribution in [3.8, 4) is 11.1 Å². The second-order valence-electron chi connectivity index (χ2n) is 20.2. The van der Waals surface area contributed by atoms with Crippen LogP contribution in [0.4, 0.5) is 17.1 Å². The van der Waals surface area contributed by atoms with Crippen LogP contribution in [0.15, 0.2) is 331 Å². The Hall–Kier alpha value is -8.78. The number of fused-ring (bicyclic) bond motifs is 8. The number of anilines is 3. The predicted molar refractivity (Wildman–Crippen MR) is 330 cm³/mol. The van der Waals surface area contributed by atoms with Crippen LogP contribution in [-0.4, -0.2) is 16.1 Å². The quantitative estimate of drug-likeness (QED) is 0.0992. The van der Waals surface area contributed by atoms with E-state index in [4.69, 9.17) is 0 Å². The van der Waals surface area contributed by atoms with Gasteiger partial charge in [-0.05, 0) is 123 Å². The van der Waals surface area contributed by atoms with E-state index in [1.807, 2.05) is 11.8 Å². The summed E-state index contributed by atoms with van der Waals surface area (Å²) < 4.78 is 0. The first-order valence-electron chi connectivity index (χ1n) is 26.7. The summed E-state index contributed by atoms with van der Waals surface area (Å²) in [6, 6.07) is 121. The number of benzene rings is 12. The first kappa shape index (κ1) is 46.7. The van der Waals surface area contributed by atoms with Gasteiger partial charge in [0, 0.05) is 26.9 Å². The van der Waals surface area contributed by atoms with Crippen molar-refractivity contribution in [1.29, 1.82) is 0 Å². The molecule has 14 rings (SSSR count). The Morgan fingerprint density at radius 3 is 1.16 bits per heavy atom. The second kappa shape index (κ2) is 19.4. The summed E-state index contributed by atoms with van der Waals surface area (Å²) >= 11 is 1.90. The van der Waals surface area contributed by atoms with Gasteiger partial charge in [0.1, 0.15) is 0 Å². The summed E-state index contributed by atoms with van der Waals surface area (Å²) in [5.41, 5.74) is 10.4. The summed E-state index contributed by atoms with van der Waals surface area (Å²) in [7, 11) is -5.70. The zero-order valence-electron chi connectivity index (χ0n) is 42.5. The topological polar surface area (TPSA) is 3.24 Å². The van der Waals surface area contributed by atoms with Crippen LogP contribution < -0.4 is 46.4 Å². The van der Waals surface area contributed by atoms with Gasteiger partial charge in [-0.25, -0.2) is 0 Å². The zero-order valence-corrected chi connectivity index (χ0v) is 45.3. The van der Waals surface area contributed by atoms with E-state index < -0.39 is 21.6 Å². The van der Waals surface area contributed by atoms with Gasteiger partial charge in [0.25, 0.3) is 0 Å². The van der Waals surface area contributed by atoms with Crippen LogP contribution in [0.5, 0.6) is 0 Å². The molecule has 0 bridgehead atoms. The molecule has 0 saturated carbocycles. The van der Waals surface area contributed by atoms with Crippen LogP contribution >= 0.6 is 11.8 Å². The molecule has 1 spiro atoms. The smallest absolute Gasteiger partial charge is 0.180 e. The lowest BCUT2D eigenvalue weighted by atomic mass is 9.64. The number of nitrogens with zero attached hydrogens (tertiary/aromatic N) is 1. The largest absolute Gasteiger partial charge is 0.310 e. The molecule has 12 aromatic carbocycles. The lowest BCUT2D eigenvalue weighted by Gasteiger charge is -2.51. The molecule has 0 radical (unpaired) electrons. The Bertz CT molecular complexity index is 3860. The molecule has 77 heavy (non-hydrogen) atoms. The fourth-order valence-electron chi connectivity index (χ4n) is 13.3. The third-order valence-corrected chi connectivity index (χ3v) is 27.3. The summed E-state index contributed by atoms with van der Waals surface area (Å²) in [5, 5.41) is 11.0. The van der Waals surface area contributed by atoms with Crippen molar-refractivity contribution in [2.24, 2.45) is 0 Å². The third-order valence-electron chi connectivity index (χ3n) is 16.4. The Kier molecular flexibility index (Phi) is 11.8. The van der Waals surface area contributed by atoms with Crippen molar-refractivity contribution < 1.29 is 0 Å². The maximum atomic E-state index is 2.54. The van der Waals surface area contributed by atoms with Crippen molar-refractivity contribution in [3.05, 3.63) is 344 Å². The maximum absolute atomic E-state index is 2.91. The SMILES string of the molecule is c1ccc(-c2ccc(N(c3ccc([Si](c4ccccc4)(c4ccccc4)c4ccccc4)cc3)c3ccc4c(c3)C3(c5ccccc5S4)c4ccccc4[Si](c4ccccc4)(c4ccccc4)c4ccccc43)cc2)cc1. The molecule has 0 atom stereocenters. The summed E-state index contributed by atoms with van der Waals surface area (Å²) in [6.07, 6.45) is 0. The van der Waals surface area contributed by atoms with Gasteiger partial charge < -0.3 is 4.90 Å². The van der Waals surface area contributed by atoms with E-state index in [0.717, 1.165) is 17.1 Å². The van der Waals surface area contributed by atoms with Gasteiger partial charge in [-0.3, -0.25) is 0 Å². The Labute approximate surface area is 458 Å². The second-order valence-corrected chi connectivity index (χ2v) is 28.9. The van der Waals surface area contributed by atoms with Crippen molar-refractivity contribution in [2.45, 2.75) is 15.2 Å². The van der Waals surface area contributed by atoms with Gasteiger partial charge in [0.05, 0.1) is 5.41 Å². The summed E-state index contributed by atoms with van der Waals surface area (Å²) in [4.78, 5) is 5.05. The average Bonchev–Trinajstić information content (AvgIpc) is 3.56. The van der Waals surface area contributed by atoms with Crippen molar-refractivity contribution in [3.63, 3.8) is 0 Å². The standard InChI is InChI=1S/C73H53NSSi2/c1-7-25-54(26-8-1)55-43-45-56(46-44-55)74(57-47-50-64(51-48-57)76(59-27-9-2-10-28-59,60-29-11-3-12-30-60)61-31-13-4-14-32-61)58-49-52-70-68(53-58)73(65-37-19-22-40-69(65)75-70)66-38-20-23-41-71(66)77(62-33-15-5-16-34-62,63-35-17-6-18-36-63)72-42-24-21-39-67(72)73/h1-53H. The fourth-order valence-corrected chi connectivity index (χ4v) is 24.5. The highest BCUT2D eigenvalue weighted by molar-refractivity contribution is 7.99. The van der Waals surface area contributed by atoms with E-state index in [9.17, 15) is 0 Å². The van der Waals surface area contributed by atoms with Gasteiger partial charge in [0.15, 0.2) is 16.1 Å². The molecular weight excluding hydrogens is 979 g/mol. The normalized spacial score (nSPS) is 13.6. The molecule has 0 amide bonds. The highest BCUT2D eigenvalue weighted by atomic mass is 32.2. The summed E-state index contributed by atoms with van der Waals surface area (Å²) in [5.74, 6) is 0. The zero-order chi connectivity index (χ0) is 51.2. The molecule has 364 valence electrons. The fraction of sp³-hybridized carbons (Fsp3) is 0.0137. The highest BCUT2D eigenvalue weighted by Gasteiger charge is 2.57. The van der Waals surface area contributed by atoms with Gasteiger partial charge in [-0.15, -0.1) is 0 Å². The molecule has 0 unspecified atom stereocenters. The predicted octanol–water partition coefficient (Wildman–Crippen LogP) is 12.7. The lowest BCUT2D eigenvalue weighted by molar-refractivity contribution is 0.707. The number of hydrogen-bond acceptors (Lipinski definition) is 2. The van der Waals surface area contributed by atoms with E-state index in [1.165, 1.54) is 84.7 Å². The molecule has 4 heteroatoms. The van der Waals surface area contributed by atoms with E-state index >= 15 is 0 Å². The van der Waals surface area contributed by atoms with Gasteiger partial charge >= 0.3 is 0 Å². The third kappa shape index (κ3) is 7.35. The highest BCUT2D eigenvalue weighted by Crippen LogP contribution is 2.57. The molecule has 2 aliphatic rings. The molecule has 0 aliphatic carbocycles. The first-order chi connectivity index (χ1) is 38.2. The van der Waals surface area contributed by atoms with Crippen molar-refractivity contribution in [2.75, 3.05) is 4.90 Å². The lowest BCUT2D eigenvalue weighted by Crippen LogP contribution is -2.79. The molecule has 0 N–H and O–H groups in total.